The average molecular weight is 400 g/mol. The zero-order valence-corrected chi connectivity index (χ0v) is 16.4. The molecule has 1 aliphatic heterocycles. The number of nitriles is 1. The molecule has 1 aromatic heterocycles. The highest BCUT2D eigenvalue weighted by Crippen LogP contribution is 2.65. The summed E-state index contributed by atoms with van der Waals surface area (Å²) >= 11 is 0. The monoisotopic (exact) mass is 400 g/mol. The van der Waals surface area contributed by atoms with Gasteiger partial charge < -0.3 is 14.6 Å². The van der Waals surface area contributed by atoms with Crippen molar-refractivity contribution in [2.45, 2.75) is 30.0 Å². The van der Waals surface area contributed by atoms with E-state index in [9.17, 15) is 15.2 Å². The summed E-state index contributed by atoms with van der Waals surface area (Å²) in [4.78, 5) is 15.6. The predicted molar refractivity (Wildman–Crippen MR) is 109 cm³/mol. The topological polar surface area (TPSA) is 95.3 Å². The largest absolute Gasteiger partial charge is 0.482 e. The highest BCUT2D eigenvalue weighted by molar-refractivity contribution is 5.54. The second kappa shape index (κ2) is 6.48. The van der Waals surface area contributed by atoms with Crippen molar-refractivity contribution in [3.05, 3.63) is 93.3 Å². The maximum Gasteiger partial charge on any atom is 0.260 e. The summed E-state index contributed by atoms with van der Waals surface area (Å²) in [7, 11) is 1.46. The molecule has 1 saturated carbocycles. The molecule has 6 nitrogen and oxygen atoms in total. The van der Waals surface area contributed by atoms with E-state index in [0.29, 0.717) is 24.2 Å². The van der Waals surface area contributed by atoms with Gasteiger partial charge in [-0.1, -0.05) is 42.5 Å². The van der Waals surface area contributed by atoms with Crippen molar-refractivity contribution in [2.24, 2.45) is 0 Å². The van der Waals surface area contributed by atoms with E-state index < -0.39 is 16.8 Å². The molecule has 5 rings (SSSR count). The molecule has 2 heterocycles. The molecule has 2 aliphatic rings. The Labute approximate surface area is 173 Å². The first kappa shape index (κ1) is 18.5. The Hall–Kier alpha value is -3.56. The number of nitrogens with one attached hydrogen (secondary N) is 1. The number of benzene rings is 2. The van der Waals surface area contributed by atoms with Crippen molar-refractivity contribution >= 4 is 0 Å². The van der Waals surface area contributed by atoms with E-state index in [-0.39, 0.29) is 17.4 Å². The van der Waals surface area contributed by atoms with E-state index in [2.05, 4.69) is 11.1 Å². The number of H-pyrrole nitrogens is 1. The minimum atomic E-state index is -1.52. The molecular formula is C24H20N2O4. The van der Waals surface area contributed by atoms with Gasteiger partial charge in [-0.2, -0.15) is 5.26 Å². The molecule has 3 aromatic rings. The Morgan fingerprint density at radius 2 is 1.93 bits per heavy atom. The maximum absolute atomic E-state index is 12.9. The number of aromatic nitrogens is 1. The molecule has 6 heteroatoms. The van der Waals surface area contributed by atoms with Crippen LogP contribution in [0.15, 0.2) is 65.5 Å². The van der Waals surface area contributed by atoms with Gasteiger partial charge in [-0.15, -0.1) is 0 Å². The summed E-state index contributed by atoms with van der Waals surface area (Å²) < 4.78 is 11.7. The smallest absolute Gasteiger partial charge is 0.260 e. The molecule has 2 N–H and O–H groups in total. The van der Waals surface area contributed by atoms with Crippen LogP contribution in [0.3, 0.4) is 0 Å². The number of ether oxygens (including phenoxy) is 2. The zero-order chi connectivity index (χ0) is 20.9. The minimum Gasteiger partial charge on any atom is -0.482 e. The van der Waals surface area contributed by atoms with Gasteiger partial charge >= 0.3 is 0 Å². The van der Waals surface area contributed by atoms with Crippen LogP contribution in [0.1, 0.15) is 41.0 Å². The van der Waals surface area contributed by atoms with E-state index in [4.69, 9.17) is 9.47 Å². The van der Waals surface area contributed by atoms with E-state index in [1.165, 1.54) is 7.11 Å². The van der Waals surface area contributed by atoms with Crippen molar-refractivity contribution in [3.8, 4) is 17.7 Å². The van der Waals surface area contributed by atoms with Gasteiger partial charge in [-0.3, -0.25) is 9.78 Å². The number of hydrogen-bond donors (Lipinski definition) is 2. The SMILES string of the molecule is COc1cc2c(c(=O)[nH]1)[C@]1(O)CC[C@@H](c3ccccc3)[C@]1(c1ccc(C#N)cc1)O2. The molecule has 1 fully saturated rings. The lowest BCUT2D eigenvalue weighted by atomic mass is 9.72. The molecule has 1 aliphatic carbocycles. The molecule has 0 bridgehead atoms. The summed E-state index contributed by atoms with van der Waals surface area (Å²) in [6.45, 7) is 0. The molecule has 0 amide bonds. The van der Waals surface area contributed by atoms with Crippen LogP contribution < -0.4 is 15.0 Å². The summed E-state index contributed by atoms with van der Waals surface area (Å²) in [5.41, 5.74) is -0.634. The fourth-order valence-electron chi connectivity index (χ4n) is 5.14. The highest BCUT2D eigenvalue weighted by Gasteiger charge is 2.69. The van der Waals surface area contributed by atoms with Gasteiger partial charge in [0.1, 0.15) is 11.4 Å². The Kier molecular flexibility index (Phi) is 3.99. The number of nitrogens with zero attached hydrogens (tertiary/aromatic N) is 1. The standard InChI is InChI=1S/C24H20N2O4/c1-29-20-13-19-21(22(27)26-20)23(28)12-11-18(16-5-3-2-4-6-16)24(23,30-19)17-9-7-15(14-25)8-10-17/h2-10,13,18,28H,11-12H2,1H3,(H,26,27)/t18-,23+,24-/m0/s1. The molecule has 3 atom stereocenters. The summed E-state index contributed by atoms with van der Waals surface area (Å²) in [5.74, 6) is 0.408. The van der Waals surface area contributed by atoms with Crippen LogP contribution >= 0.6 is 0 Å². The molecule has 0 unspecified atom stereocenters. The molecule has 0 radical (unpaired) electrons. The Morgan fingerprint density at radius 3 is 2.60 bits per heavy atom. The van der Waals surface area contributed by atoms with Gasteiger partial charge in [0, 0.05) is 12.0 Å². The fourth-order valence-corrected chi connectivity index (χ4v) is 5.14. The second-order valence-electron chi connectivity index (χ2n) is 7.80. The first-order valence-corrected chi connectivity index (χ1v) is 9.82. The van der Waals surface area contributed by atoms with Crippen molar-refractivity contribution in [1.29, 1.82) is 5.26 Å². The third-order valence-electron chi connectivity index (χ3n) is 6.42. The number of rotatable bonds is 3. The first-order chi connectivity index (χ1) is 14.5. The molecule has 0 saturated heterocycles. The number of hydrogen-bond acceptors (Lipinski definition) is 5. The average Bonchev–Trinajstić information content (AvgIpc) is 3.21. The number of aromatic amines is 1. The van der Waals surface area contributed by atoms with E-state index in [1.54, 1.807) is 18.2 Å². The van der Waals surface area contributed by atoms with Crippen LogP contribution in [0.2, 0.25) is 0 Å². The number of pyridine rings is 1. The normalized spacial score (nSPS) is 26.4. The molecule has 30 heavy (non-hydrogen) atoms. The molecule has 150 valence electrons. The maximum atomic E-state index is 12.9. The third kappa shape index (κ3) is 2.30. The first-order valence-electron chi connectivity index (χ1n) is 9.82. The molecule has 0 spiro atoms. The van der Waals surface area contributed by atoms with Crippen molar-refractivity contribution in [1.82, 2.24) is 4.98 Å². The van der Waals surface area contributed by atoms with Gasteiger partial charge in [0.2, 0.25) is 0 Å². The number of methoxy groups -OCH3 is 1. The van der Waals surface area contributed by atoms with E-state index in [1.807, 2.05) is 42.5 Å². The van der Waals surface area contributed by atoms with Gasteiger partial charge in [-0.05, 0) is 36.1 Å². The van der Waals surface area contributed by atoms with E-state index in [0.717, 1.165) is 11.1 Å². The summed E-state index contributed by atoms with van der Waals surface area (Å²) in [6.07, 6.45) is 1.01. The van der Waals surface area contributed by atoms with Gasteiger partial charge in [-0.25, -0.2) is 0 Å². The number of aliphatic hydroxyl groups is 1. The van der Waals surface area contributed by atoms with E-state index >= 15 is 0 Å². The zero-order valence-electron chi connectivity index (χ0n) is 16.4. The minimum absolute atomic E-state index is 0.186. The predicted octanol–water partition coefficient (Wildman–Crippen LogP) is 3.31. The third-order valence-corrected chi connectivity index (χ3v) is 6.42. The van der Waals surface area contributed by atoms with Gasteiger partial charge in [0.15, 0.2) is 11.5 Å². The lowest BCUT2D eigenvalue weighted by Crippen LogP contribution is -2.49. The summed E-state index contributed by atoms with van der Waals surface area (Å²) in [5, 5.41) is 21.2. The second-order valence-corrected chi connectivity index (χ2v) is 7.80. The fraction of sp³-hybridized carbons (Fsp3) is 0.250. The highest BCUT2D eigenvalue weighted by atomic mass is 16.5. The van der Waals surface area contributed by atoms with Crippen LogP contribution in [-0.2, 0) is 11.2 Å². The Balaban J connectivity index is 1.78. The number of fused-ring (bicyclic) bond motifs is 3. The van der Waals surface area contributed by atoms with Crippen LogP contribution in [0, 0.1) is 11.3 Å². The Morgan fingerprint density at radius 1 is 1.20 bits per heavy atom. The van der Waals surface area contributed by atoms with Crippen molar-refractivity contribution in [3.63, 3.8) is 0 Å². The van der Waals surface area contributed by atoms with Crippen molar-refractivity contribution in [2.75, 3.05) is 7.11 Å². The quantitative estimate of drug-likeness (QED) is 0.703. The van der Waals surface area contributed by atoms with Crippen LogP contribution in [0.5, 0.6) is 11.6 Å². The van der Waals surface area contributed by atoms with Crippen LogP contribution in [-0.4, -0.2) is 17.2 Å². The van der Waals surface area contributed by atoms with Crippen molar-refractivity contribution < 1.29 is 14.6 Å². The van der Waals surface area contributed by atoms with Crippen LogP contribution in [0.4, 0.5) is 0 Å². The summed E-state index contributed by atoms with van der Waals surface area (Å²) in [6, 6.07) is 20.6. The molecule has 2 aromatic carbocycles. The van der Waals surface area contributed by atoms with Gasteiger partial charge in [0.05, 0.1) is 24.3 Å². The lowest BCUT2D eigenvalue weighted by molar-refractivity contribution is -0.106. The van der Waals surface area contributed by atoms with Crippen LogP contribution in [0.25, 0.3) is 0 Å². The lowest BCUT2D eigenvalue weighted by Gasteiger charge is -2.40. The molecular weight excluding hydrogens is 380 g/mol. The Bertz CT molecular complexity index is 1210. The van der Waals surface area contributed by atoms with Gasteiger partial charge in [0.25, 0.3) is 5.56 Å².